The van der Waals surface area contributed by atoms with E-state index in [1.165, 1.54) is 19.3 Å². The molecule has 1 rings (SSSR count). The van der Waals surface area contributed by atoms with Crippen LogP contribution < -0.4 is 5.32 Å². The van der Waals surface area contributed by atoms with Crippen molar-refractivity contribution in [3.8, 4) is 0 Å². The summed E-state index contributed by atoms with van der Waals surface area (Å²) in [5, 5.41) is 11.7. The van der Waals surface area contributed by atoms with Gasteiger partial charge in [-0.2, -0.15) is 0 Å². The summed E-state index contributed by atoms with van der Waals surface area (Å²) in [4.78, 5) is 0. The largest absolute Gasteiger partial charge is 0.394 e. The van der Waals surface area contributed by atoms with Crippen molar-refractivity contribution in [2.24, 2.45) is 5.92 Å². The van der Waals surface area contributed by atoms with Gasteiger partial charge in [-0.15, -0.1) is 0 Å². The van der Waals surface area contributed by atoms with Crippen LogP contribution in [0.25, 0.3) is 0 Å². The molecule has 0 amide bonds. The molecule has 0 spiro atoms. The van der Waals surface area contributed by atoms with E-state index in [2.05, 4.69) is 5.32 Å². The number of aliphatic hydroxyl groups excluding tert-OH is 1. The van der Waals surface area contributed by atoms with E-state index in [0.29, 0.717) is 13.2 Å². The van der Waals surface area contributed by atoms with Crippen LogP contribution in [0.1, 0.15) is 19.3 Å². The summed E-state index contributed by atoms with van der Waals surface area (Å²) in [5.41, 5.74) is 0. The van der Waals surface area contributed by atoms with Gasteiger partial charge in [-0.25, -0.2) is 0 Å². The Hall–Kier alpha value is -0.120. The average Bonchev–Trinajstić information content (AvgIpc) is 2.87. The molecule has 0 heterocycles. The van der Waals surface area contributed by atoms with Gasteiger partial charge in [0.15, 0.2) is 0 Å². The van der Waals surface area contributed by atoms with Crippen molar-refractivity contribution in [2.75, 3.05) is 32.9 Å². The van der Waals surface area contributed by atoms with E-state index in [1.54, 1.807) is 0 Å². The SMILES string of the molecule is OCCOCCNCCC1CC1. The molecule has 12 heavy (non-hydrogen) atoms. The smallest absolute Gasteiger partial charge is 0.0698 e. The number of rotatable bonds is 8. The molecule has 2 N–H and O–H groups in total. The molecule has 0 saturated heterocycles. The highest BCUT2D eigenvalue weighted by Crippen LogP contribution is 2.31. The Morgan fingerprint density at radius 2 is 2.08 bits per heavy atom. The molecule has 3 nitrogen and oxygen atoms in total. The lowest BCUT2D eigenvalue weighted by atomic mass is 10.3. The van der Waals surface area contributed by atoms with Gasteiger partial charge in [0, 0.05) is 6.54 Å². The summed E-state index contributed by atoms with van der Waals surface area (Å²) < 4.78 is 5.09. The normalized spacial score (nSPS) is 16.8. The van der Waals surface area contributed by atoms with Gasteiger partial charge in [0.2, 0.25) is 0 Å². The molecule has 0 aliphatic heterocycles. The number of aliphatic hydroxyl groups is 1. The monoisotopic (exact) mass is 173 g/mol. The summed E-state index contributed by atoms with van der Waals surface area (Å²) in [6.45, 7) is 3.33. The first-order chi connectivity index (χ1) is 5.93. The van der Waals surface area contributed by atoms with Gasteiger partial charge >= 0.3 is 0 Å². The molecule has 0 bridgehead atoms. The second-order valence-corrected chi connectivity index (χ2v) is 3.32. The molecular formula is C9H19NO2. The zero-order valence-electron chi connectivity index (χ0n) is 7.59. The lowest BCUT2D eigenvalue weighted by molar-refractivity contribution is 0.0939. The second kappa shape index (κ2) is 6.40. The van der Waals surface area contributed by atoms with Gasteiger partial charge in [-0.1, -0.05) is 12.8 Å². The van der Waals surface area contributed by atoms with Gasteiger partial charge in [-0.05, 0) is 18.9 Å². The number of nitrogens with one attached hydrogen (secondary N) is 1. The van der Waals surface area contributed by atoms with Gasteiger partial charge in [0.1, 0.15) is 0 Å². The standard InChI is InChI=1S/C9H19NO2/c11-6-8-12-7-5-10-4-3-9-1-2-9/h9-11H,1-8H2. The van der Waals surface area contributed by atoms with Crippen LogP contribution in [0.4, 0.5) is 0 Å². The van der Waals surface area contributed by atoms with Crippen LogP contribution in [0.15, 0.2) is 0 Å². The van der Waals surface area contributed by atoms with Crippen LogP contribution in [0.2, 0.25) is 0 Å². The molecule has 1 aliphatic carbocycles. The fourth-order valence-electron chi connectivity index (χ4n) is 1.15. The van der Waals surface area contributed by atoms with Gasteiger partial charge in [0.05, 0.1) is 19.8 Å². The Balaban J connectivity index is 1.65. The van der Waals surface area contributed by atoms with E-state index >= 15 is 0 Å². The molecule has 72 valence electrons. The van der Waals surface area contributed by atoms with E-state index in [0.717, 1.165) is 19.0 Å². The van der Waals surface area contributed by atoms with Crippen molar-refractivity contribution in [1.29, 1.82) is 0 Å². The van der Waals surface area contributed by atoms with Gasteiger partial charge in [-0.3, -0.25) is 0 Å². The highest BCUT2D eigenvalue weighted by atomic mass is 16.5. The zero-order valence-corrected chi connectivity index (χ0v) is 7.59. The molecule has 0 unspecified atom stereocenters. The van der Waals surface area contributed by atoms with E-state index < -0.39 is 0 Å². The van der Waals surface area contributed by atoms with Crippen LogP contribution in [0.5, 0.6) is 0 Å². The number of ether oxygens (including phenoxy) is 1. The Bertz CT molecular complexity index is 105. The third kappa shape index (κ3) is 5.52. The summed E-state index contributed by atoms with van der Waals surface area (Å²) in [6.07, 6.45) is 4.19. The third-order valence-electron chi connectivity index (χ3n) is 2.09. The first-order valence-corrected chi connectivity index (χ1v) is 4.83. The molecule has 3 heteroatoms. The average molecular weight is 173 g/mol. The Morgan fingerprint density at radius 1 is 1.25 bits per heavy atom. The maximum atomic E-state index is 8.40. The minimum Gasteiger partial charge on any atom is -0.394 e. The fourth-order valence-corrected chi connectivity index (χ4v) is 1.15. The summed E-state index contributed by atoms with van der Waals surface area (Å²) in [5.74, 6) is 1.01. The van der Waals surface area contributed by atoms with Crippen molar-refractivity contribution in [3.63, 3.8) is 0 Å². The first-order valence-electron chi connectivity index (χ1n) is 4.83. The summed E-state index contributed by atoms with van der Waals surface area (Å²) in [6, 6.07) is 0. The zero-order chi connectivity index (χ0) is 8.65. The molecule has 0 aromatic rings. The lowest BCUT2D eigenvalue weighted by Crippen LogP contribution is -2.21. The molecule has 1 aliphatic rings. The predicted octanol–water partition coefficient (Wildman–Crippen LogP) is 0.385. The van der Waals surface area contributed by atoms with Crippen molar-refractivity contribution in [3.05, 3.63) is 0 Å². The molecule has 0 aromatic carbocycles. The molecule has 1 saturated carbocycles. The summed E-state index contributed by atoms with van der Waals surface area (Å²) in [7, 11) is 0. The van der Waals surface area contributed by atoms with E-state index in [9.17, 15) is 0 Å². The number of hydrogen-bond donors (Lipinski definition) is 2. The molecule has 1 fully saturated rings. The quantitative estimate of drug-likeness (QED) is 0.522. The van der Waals surface area contributed by atoms with Crippen LogP contribution in [-0.2, 0) is 4.74 Å². The Morgan fingerprint density at radius 3 is 2.75 bits per heavy atom. The van der Waals surface area contributed by atoms with Crippen LogP contribution in [0, 0.1) is 5.92 Å². The second-order valence-electron chi connectivity index (χ2n) is 3.32. The van der Waals surface area contributed by atoms with Gasteiger partial charge < -0.3 is 15.2 Å². The molecule has 0 radical (unpaired) electrons. The predicted molar refractivity (Wildman–Crippen MR) is 48.1 cm³/mol. The lowest BCUT2D eigenvalue weighted by Gasteiger charge is -2.03. The van der Waals surface area contributed by atoms with Gasteiger partial charge in [0.25, 0.3) is 0 Å². The highest BCUT2D eigenvalue weighted by Gasteiger charge is 2.19. The molecular weight excluding hydrogens is 154 g/mol. The van der Waals surface area contributed by atoms with Crippen molar-refractivity contribution in [2.45, 2.75) is 19.3 Å². The van der Waals surface area contributed by atoms with E-state index in [-0.39, 0.29) is 6.61 Å². The maximum Gasteiger partial charge on any atom is 0.0698 e. The minimum absolute atomic E-state index is 0.127. The maximum absolute atomic E-state index is 8.40. The van der Waals surface area contributed by atoms with Crippen LogP contribution in [-0.4, -0.2) is 38.0 Å². The van der Waals surface area contributed by atoms with E-state index in [4.69, 9.17) is 9.84 Å². The Kier molecular flexibility index (Phi) is 5.32. The third-order valence-corrected chi connectivity index (χ3v) is 2.09. The van der Waals surface area contributed by atoms with Crippen molar-refractivity contribution >= 4 is 0 Å². The highest BCUT2D eigenvalue weighted by molar-refractivity contribution is 4.73. The van der Waals surface area contributed by atoms with Crippen LogP contribution in [0.3, 0.4) is 0 Å². The molecule has 0 aromatic heterocycles. The summed E-state index contributed by atoms with van der Waals surface area (Å²) >= 11 is 0. The first kappa shape index (κ1) is 9.96. The topological polar surface area (TPSA) is 41.5 Å². The number of hydrogen-bond acceptors (Lipinski definition) is 3. The van der Waals surface area contributed by atoms with Crippen molar-refractivity contribution in [1.82, 2.24) is 5.32 Å². The molecule has 0 atom stereocenters. The minimum atomic E-state index is 0.127. The fraction of sp³-hybridized carbons (Fsp3) is 1.00. The van der Waals surface area contributed by atoms with Crippen molar-refractivity contribution < 1.29 is 9.84 Å². The Labute approximate surface area is 74.1 Å². The van der Waals surface area contributed by atoms with Crippen LogP contribution >= 0.6 is 0 Å². The van der Waals surface area contributed by atoms with E-state index in [1.807, 2.05) is 0 Å².